The molecule has 2 aromatic heterocycles. The third kappa shape index (κ3) is 6.47. The summed E-state index contributed by atoms with van der Waals surface area (Å²) >= 11 is 0. The summed E-state index contributed by atoms with van der Waals surface area (Å²) in [6, 6.07) is 10.0. The first-order chi connectivity index (χ1) is 15.2. The molecule has 0 spiro atoms. The lowest BCUT2D eigenvalue weighted by Gasteiger charge is -2.18. The molecule has 32 heavy (non-hydrogen) atoms. The second kappa shape index (κ2) is 11.9. The Bertz CT molecular complexity index is 996. The topological polar surface area (TPSA) is 100 Å². The van der Waals surface area contributed by atoms with Crippen molar-refractivity contribution in [2.75, 3.05) is 13.6 Å². The molecule has 0 atom stereocenters. The van der Waals surface area contributed by atoms with Crippen molar-refractivity contribution >= 4 is 29.9 Å². The number of benzene rings is 1. The molecule has 2 heterocycles. The van der Waals surface area contributed by atoms with Crippen molar-refractivity contribution < 1.29 is 9.15 Å². The van der Waals surface area contributed by atoms with Gasteiger partial charge in [0, 0.05) is 32.1 Å². The van der Waals surface area contributed by atoms with E-state index in [2.05, 4.69) is 55.9 Å². The fourth-order valence-corrected chi connectivity index (χ4v) is 3.73. The van der Waals surface area contributed by atoms with Crippen molar-refractivity contribution in [1.29, 1.82) is 0 Å². The first-order valence-corrected chi connectivity index (χ1v) is 10.9. The number of aryl methyl sites for hydroxylation is 1. The number of H-pyrrole nitrogens is 1. The number of aromatic amines is 1. The molecule has 4 rings (SSSR count). The molecule has 3 aromatic rings. The number of hydrogen-bond donors (Lipinski definition) is 3. The molecule has 1 fully saturated rings. The van der Waals surface area contributed by atoms with Crippen LogP contribution in [0.15, 0.2) is 46.0 Å². The second-order valence-electron chi connectivity index (χ2n) is 7.82. The van der Waals surface area contributed by atoms with Gasteiger partial charge in [0.15, 0.2) is 11.7 Å². The Morgan fingerprint density at radius 3 is 2.84 bits per heavy atom. The summed E-state index contributed by atoms with van der Waals surface area (Å²) in [6.45, 7) is 3.42. The minimum atomic E-state index is 0. The summed E-state index contributed by atoms with van der Waals surface area (Å²) in [5.74, 6) is 3.72. The number of halogens is 1. The van der Waals surface area contributed by atoms with Gasteiger partial charge in [-0.1, -0.05) is 12.1 Å². The smallest absolute Gasteiger partial charge is 0.216 e. The van der Waals surface area contributed by atoms with Crippen molar-refractivity contribution in [2.45, 2.75) is 51.7 Å². The van der Waals surface area contributed by atoms with Gasteiger partial charge in [-0.2, -0.15) is 5.10 Å². The number of aliphatic imine (C=N–C) groups is 1. The highest BCUT2D eigenvalue weighted by Crippen LogP contribution is 2.27. The van der Waals surface area contributed by atoms with E-state index in [1.165, 1.54) is 18.4 Å². The van der Waals surface area contributed by atoms with E-state index < -0.39 is 0 Å². The van der Waals surface area contributed by atoms with Crippen molar-refractivity contribution in [3.05, 3.63) is 53.5 Å². The fourth-order valence-electron chi connectivity index (χ4n) is 3.73. The Hall–Kier alpha value is -2.56. The molecule has 1 saturated carbocycles. The molecule has 9 heteroatoms. The van der Waals surface area contributed by atoms with E-state index in [-0.39, 0.29) is 24.0 Å². The molecular formula is C23H31IN6O2. The van der Waals surface area contributed by atoms with Gasteiger partial charge < -0.3 is 19.8 Å². The Morgan fingerprint density at radius 1 is 1.25 bits per heavy atom. The van der Waals surface area contributed by atoms with Crippen LogP contribution in [0.1, 0.15) is 42.6 Å². The van der Waals surface area contributed by atoms with Gasteiger partial charge in [-0.05, 0) is 56.4 Å². The highest BCUT2D eigenvalue weighted by Gasteiger charge is 2.18. The van der Waals surface area contributed by atoms with Gasteiger partial charge in [0.05, 0.1) is 12.4 Å². The van der Waals surface area contributed by atoms with Crippen LogP contribution in [0.25, 0.3) is 11.6 Å². The monoisotopic (exact) mass is 550 g/mol. The summed E-state index contributed by atoms with van der Waals surface area (Å²) in [6.07, 6.45) is 7.45. The van der Waals surface area contributed by atoms with Gasteiger partial charge >= 0.3 is 0 Å². The molecule has 1 aromatic carbocycles. The number of ether oxygens (including phenoxy) is 1. The van der Waals surface area contributed by atoms with Crippen LogP contribution >= 0.6 is 24.0 Å². The quantitative estimate of drug-likeness (QED) is 0.221. The molecule has 1 aliphatic rings. The van der Waals surface area contributed by atoms with Crippen LogP contribution in [0.5, 0.6) is 5.75 Å². The molecule has 0 bridgehead atoms. The zero-order chi connectivity index (χ0) is 21.5. The number of guanidine groups is 1. The van der Waals surface area contributed by atoms with E-state index in [1.54, 1.807) is 13.3 Å². The predicted octanol–water partition coefficient (Wildman–Crippen LogP) is 4.22. The average molecular weight is 550 g/mol. The average Bonchev–Trinajstić information content (AvgIpc) is 3.54. The van der Waals surface area contributed by atoms with Crippen LogP contribution in [-0.2, 0) is 13.0 Å². The Labute approximate surface area is 205 Å². The van der Waals surface area contributed by atoms with Gasteiger partial charge in [-0.25, -0.2) is 4.98 Å². The first-order valence-electron chi connectivity index (χ1n) is 10.9. The summed E-state index contributed by atoms with van der Waals surface area (Å²) in [7, 11) is 1.77. The SMILES string of the molecule is CN=C(NCCc1nc(-c2ccco2)n[nH]1)NCc1ccc(C)cc1OC1CCCC1.I. The fraction of sp³-hybridized carbons (Fsp3) is 0.435. The Morgan fingerprint density at radius 2 is 2.09 bits per heavy atom. The van der Waals surface area contributed by atoms with Gasteiger partial charge in [-0.15, -0.1) is 24.0 Å². The van der Waals surface area contributed by atoms with Crippen LogP contribution in [0.2, 0.25) is 0 Å². The minimum Gasteiger partial charge on any atom is -0.490 e. The van der Waals surface area contributed by atoms with Gasteiger partial charge in [0.25, 0.3) is 0 Å². The number of rotatable bonds is 8. The van der Waals surface area contributed by atoms with E-state index in [0.717, 1.165) is 35.9 Å². The highest BCUT2D eigenvalue weighted by atomic mass is 127. The molecule has 0 amide bonds. The zero-order valence-electron chi connectivity index (χ0n) is 18.6. The lowest BCUT2D eigenvalue weighted by atomic mass is 10.1. The van der Waals surface area contributed by atoms with Crippen molar-refractivity contribution in [1.82, 2.24) is 25.8 Å². The molecule has 0 radical (unpaired) electrons. The van der Waals surface area contributed by atoms with E-state index >= 15 is 0 Å². The van der Waals surface area contributed by atoms with Crippen LogP contribution < -0.4 is 15.4 Å². The maximum absolute atomic E-state index is 6.30. The van der Waals surface area contributed by atoms with Crippen LogP contribution in [0.4, 0.5) is 0 Å². The third-order valence-electron chi connectivity index (χ3n) is 5.42. The lowest BCUT2D eigenvalue weighted by Crippen LogP contribution is -2.38. The molecule has 0 unspecified atom stereocenters. The number of hydrogen-bond acceptors (Lipinski definition) is 5. The second-order valence-corrected chi connectivity index (χ2v) is 7.82. The highest BCUT2D eigenvalue weighted by molar-refractivity contribution is 14.0. The van der Waals surface area contributed by atoms with Crippen LogP contribution in [0.3, 0.4) is 0 Å². The molecular weight excluding hydrogens is 519 g/mol. The maximum atomic E-state index is 6.30. The van der Waals surface area contributed by atoms with Crippen LogP contribution in [-0.4, -0.2) is 40.8 Å². The Balaban J connectivity index is 0.00000289. The molecule has 3 N–H and O–H groups in total. The largest absolute Gasteiger partial charge is 0.490 e. The predicted molar refractivity (Wildman–Crippen MR) is 135 cm³/mol. The zero-order valence-corrected chi connectivity index (χ0v) is 20.9. The van der Waals surface area contributed by atoms with Crippen molar-refractivity contribution in [3.63, 3.8) is 0 Å². The van der Waals surface area contributed by atoms with E-state index in [4.69, 9.17) is 9.15 Å². The minimum absolute atomic E-state index is 0. The van der Waals surface area contributed by atoms with E-state index in [0.29, 0.717) is 37.2 Å². The summed E-state index contributed by atoms with van der Waals surface area (Å²) in [5.41, 5.74) is 2.35. The number of nitrogens with one attached hydrogen (secondary N) is 3. The number of furan rings is 1. The molecule has 0 aliphatic heterocycles. The third-order valence-corrected chi connectivity index (χ3v) is 5.42. The normalized spacial score (nSPS) is 14.2. The summed E-state index contributed by atoms with van der Waals surface area (Å²) in [5, 5.41) is 13.9. The first kappa shape index (κ1) is 24.1. The number of aromatic nitrogens is 3. The molecule has 172 valence electrons. The van der Waals surface area contributed by atoms with Crippen LogP contribution in [0, 0.1) is 6.92 Å². The molecule has 0 saturated heterocycles. The molecule has 1 aliphatic carbocycles. The maximum Gasteiger partial charge on any atom is 0.216 e. The van der Waals surface area contributed by atoms with Crippen molar-refractivity contribution in [3.8, 4) is 17.3 Å². The Kier molecular flexibility index (Phi) is 8.95. The summed E-state index contributed by atoms with van der Waals surface area (Å²) in [4.78, 5) is 8.78. The van der Waals surface area contributed by atoms with Gasteiger partial charge in [0.1, 0.15) is 11.6 Å². The van der Waals surface area contributed by atoms with E-state index in [1.807, 2.05) is 12.1 Å². The van der Waals surface area contributed by atoms with Crippen molar-refractivity contribution in [2.24, 2.45) is 4.99 Å². The summed E-state index contributed by atoms with van der Waals surface area (Å²) < 4.78 is 11.6. The van der Waals surface area contributed by atoms with E-state index in [9.17, 15) is 0 Å². The van der Waals surface area contributed by atoms with Gasteiger partial charge in [-0.3, -0.25) is 10.1 Å². The molecule has 8 nitrogen and oxygen atoms in total. The number of nitrogens with zero attached hydrogens (tertiary/aromatic N) is 3. The standard InChI is InChI=1S/C23H30N6O2.HI/c1-16-9-10-17(20(14-16)31-18-6-3-4-7-18)15-26-23(24-2)25-12-11-21-27-22(29-28-21)19-8-5-13-30-19;/h5,8-10,13-14,18H,3-4,6-7,11-12,15H2,1-2H3,(H2,24,25,26)(H,27,28,29);1H. The lowest BCUT2D eigenvalue weighted by molar-refractivity contribution is 0.207. The van der Waals surface area contributed by atoms with Gasteiger partial charge in [0.2, 0.25) is 5.82 Å².